The Hall–Kier alpha value is -4.17. The first kappa shape index (κ1) is 22.3. The van der Waals surface area contributed by atoms with Crippen molar-refractivity contribution in [3.63, 3.8) is 0 Å². The molecule has 3 heterocycles. The van der Waals surface area contributed by atoms with E-state index in [1.165, 1.54) is 5.56 Å². The van der Waals surface area contributed by atoms with Crippen LogP contribution in [0.4, 0.5) is 5.82 Å². The lowest BCUT2D eigenvalue weighted by atomic mass is 9.87. The van der Waals surface area contributed by atoms with Gasteiger partial charge in [0.1, 0.15) is 12.4 Å². The van der Waals surface area contributed by atoms with Gasteiger partial charge in [-0.1, -0.05) is 53.8 Å². The van der Waals surface area contributed by atoms with E-state index in [0.29, 0.717) is 30.3 Å². The number of nitrogens with one attached hydrogen (secondary N) is 1. The molecule has 1 atom stereocenters. The molecule has 0 aliphatic carbocycles. The molecule has 0 radical (unpaired) electrons. The lowest BCUT2D eigenvalue weighted by molar-refractivity contribution is -0.116. The number of benzene rings is 3. The summed E-state index contributed by atoms with van der Waals surface area (Å²) in [5, 5.41) is 8.32. The highest BCUT2D eigenvalue weighted by molar-refractivity contribution is 7.20. The maximum absolute atomic E-state index is 12.8. The van der Waals surface area contributed by atoms with Crippen LogP contribution in [-0.4, -0.2) is 27.8 Å². The van der Waals surface area contributed by atoms with E-state index in [0.717, 1.165) is 32.0 Å². The van der Waals surface area contributed by atoms with Gasteiger partial charge < -0.3 is 14.8 Å². The lowest BCUT2D eigenvalue weighted by Gasteiger charge is -2.24. The summed E-state index contributed by atoms with van der Waals surface area (Å²) in [5.74, 6) is 1.74. The second kappa shape index (κ2) is 9.13. The molecule has 2 aromatic heterocycles. The molecule has 0 spiro atoms. The third-order valence-corrected chi connectivity index (χ3v) is 7.53. The van der Waals surface area contributed by atoms with Crippen molar-refractivity contribution in [2.75, 3.05) is 12.4 Å². The fourth-order valence-corrected chi connectivity index (χ4v) is 5.49. The van der Waals surface area contributed by atoms with Gasteiger partial charge in [0, 0.05) is 17.9 Å². The predicted octanol–water partition coefficient (Wildman–Crippen LogP) is 5.85. The van der Waals surface area contributed by atoms with E-state index >= 15 is 0 Å². The van der Waals surface area contributed by atoms with Crippen LogP contribution in [-0.2, 0) is 11.4 Å². The van der Waals surface area contributed by atoms with Gasteiger partial charge in [-0.25, -0.2) is 4.98 Å². The lowest BCUT2D eigenvalue weighted by Crippen LogP contribution is -2.24. The van der Waals surface area contributed by atoms with Crippen molar-refractivity contribution < 1.29 is 14.3 Å². The van der Waals surface area contributed by atoms with E-state index in [1.807, 2.05) is 60.8 Å². The van der Waals surface area contributed by atoms with Gasteiger partial charge in [0.15, 0.2) is 11.5 Å². The van der Waals surface area contributed by atoms with Crippen LogP contribution < -0.4 is 14.8 Å². The number of methoxy groups -OCH3 is 1. The summed E-state index contributed by atoms with van der Waals surface area (Å²) < 4.78 is 14.5. The van der Waals surface area contributed by atoms with E-state index < -0.39 is 0 Å². The minimum Gasteiger partial charge on any atom is -0.493 e. The number of thiazole rings is 1. The first-order valence-corrected chi connectivity index (χ1v) is 12.5. The maximum atomic E-state index is 12.8. The normalized spacial score (nSPS) is 14.9. The van der Waals surface area contributed by atoms with Crippen LogP contribution in [0, 0.1) is 6.92 Å². The van der Waals surface area contributed by atoms with Gasteiger partial charge in [-0.05, 0) is 47.9 Å². The minimum atomic E-state index is -0.156. The van der Waals surface area contributed by atoms with Gasteiger partial charge in [0.2, 0.25) is 11.0 Å². The topological polar surface area (TPSA) is 78.3 Å². The van der Waals surface area contributed by atoms with Gasteiger partial charge >= 0.3 is 0 Å². The molecule has 0 fully saturated rings. The molecule has 6 rings (SSSR count). The molecule has 0 saturated carbocycles. The monoisotopic (exact) mass is 496 g/mol. The number of anilines is 1. The molecule has 1 aliphatic rings. The molecule has 180 valence electrons. The number of ether oxygens (including phenoxy) is 2. The molecule has 3 aromatic carbocycles. The summed E-state index contributed by atoms with van der Waals surface area (Å²) in [7, 11) is 1.63. The van der Waals surface area contributed by atoms with Crippen molar-refractivity contribution in [1.29, 1.82) is 0 Å². The second-order valence-corrected chi connectivity index (χ2v) is 9.76. The van der Waals surface area contributed by atoms with E-state index in [4.69, 9.17) is 14.5 Å². The smallest absolute Gasteiger partial charge is 0.226 e. The highest BCUT2D eigenvalue weighted by atomic mass is 32.1. The SMILES string of the molecule is COc1cc([C@@H]2CC(=O)Nc3c2cnn3-c2nc3ccccc3s2)ccc1OCc1ccccc1C. The number of fused-ring (bicyclic) bond motifs is 2. The number of hydrogen-bond donors (Lipinski definition) is 1. The number of amides is 1. The zero-order valence-electron chi connectivity index (χ0n) is 19.9. The highest BCUT2D eigenvalue weighted by Crippen LogP contribution is 2.41. The molecular formula is C28H24N4O3S. The Labute approximate surface area is 212 Å². The number of aromatic nitrogens is 3. The van der Waals surface area contributed by atoms with Crippen molar-refractivity contribution >= 4 is 33.3 Å². The highest BCUT2D eigenvalue weighted by Gasteiger charge is 2.31. The molecule has 8 heteroatoms. The second-order valence-electron chi connectivity index (χ2n) is 8.75. The predicted molar refractivity (Wildman–Crippen MR) is 140 cm³/mol. The molecule has 0 bridgehead atoms. The Balaban J connectivity index is 1.32. The first-order chi connectivity index (χ1) is 17.6. The standard InChI is InChI=1S/C28H24N4O3S/c1-17-7-3-4-8-19(17)16-35-23-12-11-18(13-24(23)34-2)20-14-26(33)31-27-21(20)15-29-32(27)28-30-22-9-5-6-10-25(22)36-28/h3-13,15,20H,14,16H2,1-2H3,(H,31,33)/t20-/m0/s1. The average Bonchev–Trinajstić information content (AvgIpc) is 3.51. The van der Waals surface area contributed by atoms with Crippen LogP contribution >= 0.6 is 11.3 Å². The number of carbonyl (C=O) groups excluding carboxylic acids is 1. The molecular weight excluding hydrogens is 472 g/mol. The van der Waals surface area contributed by atoms with Crippen LogP contribution in [0.15, 0.2) is 72.9 Å². The van der Waals surface area contributed by atoms with E-state index in [1.54, 1.807) is 23.1 Å². The van der Waals surface area contributed by atoms with Gasteiger partial charge in [-0.2, -0.15) is 9.78 Å². The molecule has 36 heavy (non-hydrogen) atoms. The van der Waals surface area contributed by atoms with Crippen LogP contribution in [0.5, 0.6) is 11.5 Å². The first-order valence-electron chi connectivity index (χ1n) is 11.7. The van der Waals surface area contributed by atoms with Gasteiger partial charge in [0.25, 0.3) is 0 Å². The number of para-hydroxylation sites is 1. The molecule has 0 unspecified atom stereocenters. The molecule has 1 amide bonds. The summed E-state index contributed by atoms with van der Waals surface area (Å²) in [6, 6.07) is 22.0. The molecule has 1 aliphatic heterocycles. The maximum Gasteiger partial charge on any atom is 0.226 e. The van der Waals surface area contributed by atoms with Crippen molar-refractivity contribution in [3.8, 4) is 16.6 Å². The van der Waals surface area contributed by atoms with Crippen LogP contribution in [0.25, 0.3) is 15.3 Å². The zero-order chi connectivity index (χ0) is 24.6. The fraction of sp³-hybridized carbons (Fsp3) is 0.179. The largest absolute Gasteiger partial charge is 0.493 e. The number of hydrogen-bond acceptors (Lipinski definition) is 6. The summed E-state index contributed by atoms with van der Waals surface area (Å²) in [5.41, 5.74) is 5.13. The van der Waals surface area contributed by atoms with Crippen molar-refractivity contribution in [2.24, 2.45) is 0 Å². The van der Waals surface area contributed by atoms with E-state index in [9.17, 15) is 4.79 Å². The van der Waals surface area contributed by atoms with Crippen molar-refractivity contribution in [2.45, 2.75) is 25.9 Å². The van der Waals surface area contributed by atoms with Crippen molar-refractivity contribution in [3.05, 3.63) is 95.2 Å². The fourth-order valence-electron chi connectivity index (χ4n) is 4.56. The summed E-state index contributed by atoms with van der Waals surface area (Å²) in [6.45, 7) is 2.52. The number of nitrogens with zero attached hydrogens (tertiary/aromatic N) is 3. The van der Waals surface area contributed by atoms with Gasteiger partial charge in [0.05, 0.1) is 23.5 Å². The van der Waals surface area contributed by atoms with Crippen LogP contribution in [0.3, 0.4) is 0 Å². The van der Waals surface area contributed by atoms with Crippen LogP contribution in [0.2, 0.25) is 0 Å². The Bertz CT molecular complexity index is 1560. The van der Waals surface area contributed by atoms with Gasteiger partial charge in [-0.15, -0.1) is 0 Å². The summed E-state index contributed by atoms with van der Waals surface area (Å²) in [6.07, 6.45) is 2.14. The molecule has 7 nitrogen and oxygen atoms in total. The van der Waals surface area contributed by atoms with E-state index in [-0.39, 0.29) is 11.8 Å². The summed E-state index contributed by atoms with van der Waals surface area (Å²) in [4.78, 5) is 17.5. The van der Waals surface area contributed by atoms with E-state index in [2.05, 4.69) is 29.5 Å². The Morgan fingerprint density at radius 1 is 1.08 bits per heavy atom. The Kier molecular flexibility index (Phi) is 5.65. The van der Waals surface area contributed by atoms with Gasteiger partial charge in [-0.3, -0.25) is 4.79 Å². The molecule has 5 aromatic rings. The minimum absolute atomic E-state index is 0.0609. The third-order valence-electron chi connectivity index (χ3n) is 6.52. The zero-order valence-corrected chi connectivity index (χ0v) is 20.7. The van der Waals surface area contributed by atoms with Crippen molar-refractivity contribution in [1.82, 2.24) is 14.8 Å². The number of carbonyl (C=O) groups is 1. The third kappa shape index (κ3) is 3.99. The number of rotatable bonds is 6. The molecule has 0 saturated heterocycles. The number of aryl methyl sites for hydroxylation is 1. The van der Waals surface area contributed by atoms with Crippen LogP contribution in [0.1, 0.15) is 34.6 Å². The summed E-state index contributed by atoms with van der Waals surface area (Å²) >= 11 is 1.54. The average molecular weight is 497 g/mol. The quantitative estimate of drug-likeness (QED) is 0.319. The molecule has 1 N–H and O–H groups in total. The Morgan fingerprint density at radius 3 is 2.75 bits per heavy atom. The Morgan fingerprint density at radius 2 is 1.92 bits per heavy atom.